The highest BCUT2D eigenvalue weighted by atomic mass is 35.5. The summed E-state index contributed by atoms with van der Waals surface area (Å²) in [5.74, 6) is -1.15. The van der Waals surface area contributed by atoms with Crippen molar-refractivity contribution in [3.63, 3.8) is 0 Å². The van der Waals surface area contributed by atoms with Gasteiger partial charge in [-0.3, -0.25) is 23.5 Å². The summed E-state index contributed by atoms with van der Waals surface area (Å²) in [6, 6.07) is 8.63. The van der Waals surface area contributed by atoms with Gasteiger partial charge in [-0.1, -0.05) is 44.5 Å². The molecule has 1 aromatic heterocycles. The first kappa shape index (κ1) is 30.5. The van der Waals surface area contributed by atoms with E-state index in [-0.39, 0.29) is 45.4 Å². The van der Waals surface area contributed by atoms with Gasteiger partial charge in [-0.15, -0.1) is 0 Å². The minimum Gasteiger partial charge on any atom is -0.496 e. The fraction of sp³-hybridized carbons (Fsp3) is 0.394. The number of rotatable bonds is 6. The summed E-state index contributed by atoms with van der Waals surface area (Å²) < 4.78 is 25.5. The van der Waals surface area contributed by atoms with Crippen LogP contribution >= 0.6 is 11.6 Å². The summed E-state index contributed by atoms with van der Waals surface area (Å²) in [5.41, 5.74) is -1.49. The predicted octanol–water partition coefficient (Wildman–Crippen LogP) is 4.22. The van der Waals surface area contributed by atoms with Crippen molar-refractivity contribution < 1.29 is 28.5 Å². The Morgan fingerprint density at radius 2 is 1.69 bits per heavy atom. The Morgan fingerprint density at radius 1 is 1.02 bits per heavy atom. The van der Waals surface area contributed by atoms with Gasteiger partial charge >= 0.3 is 5.69 Å². The standard InChI is InChI=1S/C33H34ClN3O8/c1-15(2)14-44-18-10-8-17(9-11-18)22-23-19(35-30-25(22)31(40)37(5)32(41)36(30)4)12-16(3)33(28(23)38)29(39)24-20(42-6)13-21(43-7)26(34)27(24)45-33/h8-11,13,15-16,22,35H,12,14H2,1-7H3/t16-,22+,33+/m1/s1. The van der Waals surface area contributed by atoms with Crippen LogP contribution in [-0.4, -0.2) is 47.1 Å². The number of Topliss-reactive ketones (excluding diaryl/α,β-unsaturated/α-hetero) is 2. The van der Waals surface area contributed by atoms with E-state index in [0.717, 1.165) is 4.57 Å². The Hall–Kier alpha value is -4.51. The number of benzene rings is 2. The third kappa shape index (κ3) is 4.31. The minimum atomic E-state index is -1.98. The van der Waals surface area contributed by atoms with Crippen molar-refractivity contribution in [3.8, 4) is 23.0 Å². The van der Waals surface area contributed by atoms with Crippen LogP contribution in [0.15, 0.2) is 51.2 Å². The van der Waals surface area contributed by atoms with Gasteiger partial charge < -0.3 is 24.3 Å². The maximum atomic E-state index is 15.0. The second kappa shape index (κ2) is 10.8. The molecule has 2 aliphatic heterocycles. The molecule has 0 fully saturated rings. The van der Waals surface area contributed by atoms with Crippen LogP contribution in [0, 0.1) is 11.8 Å². The van der Waals surface area contributed by atoms with Crippen molar-refractivity contribution in [2.45, 2.75) is 38.7 Å². The molecule has 0 saturated carbocycles. The van der Waals surface area contributed by atoms with Crippen molar-refractivity contribution >= 4 is 29.0 Å². The van der Waals surface area contributed by atoms with Crippen LogP contribution in [-0.2, 0) is 18.9 Å². The fourth-order valence-corrected chi connectivity index (χ4v) is 6.81. The molecule has 236 valence electrons. The molecule has 1 spiro atoms. The third-order valence-corrected chi connectivity index (χ3v) is 9.23. The number of methoxy groups -OCH3 is 2. The first-order valence-corrected chi connectivity index (χ1v) is 15.0. The summed E-state index contributed by atoms with van der Waals surface area (Å²) in [6.07, 6.45) is 0.201. The van der Waals surface area contributed by atoms with Crippen molar-refractivity contribution in [1.82, 2.24) is 9.13 Å². The van der Waals surface area contributed by atoms with Gasteiger partial charge in [0.25, 0.3) is 5.56 Å². The van der Waals surface area contributed by atoms with Gasteiger partial charge in [0.05, 0.1) is 26.4 Å². The Kier molecular flexibility index (Phi) is 7.35. The van der Waals surface area contributed by atoms with Crippen LogP contribution in [0.2, 0.25) is 5.02 Å². The number of anilines is 1. The molecule has 45 heavy (non-hydrogen) atoms. The Bertz CT molecular complexity index is 1920. The number of halogens is 1. The molecule has 0 saturated heterocycles. The zero-order chi connectivity index (χ0) is 32.5. The van der Waals surface area contributed by atoms with E-state index in [1.54, 1.807) is 38.2 Å². The Morgan fingerprint density at radius 3 is 2.31 bits per heavy atom. The van der Waals surface area contributed by atoms with Gasteiger partial charge in [-0.05, 0) is 30.0 Å². The normalized spacial score (nSPS) is 21.7. The summed E-state index contributed by atoms with van der Waals surface area (Å²) in [4.78, 5) is 56.1. The molecule has 2 aromatic carbocycles. The number of carbonyl (C=O) groups excluding carboxylic acids is 2. The highest BCUT2D eigenvalue weighted by molar-refractivity contribution is 6.36. The van der Waals surface area contributed by atoms with E-state index in [2.05, 4.69) is 5.32 Å². The maximum Gasteiger partial charge on any atom is 0.332 e. The topological polar surface area (TPSA) is 127 Å². The molecule has 0 radical (unpaired) electrons. The molecule has 11 nitrogen and oxygen atoms in total. The quantitative estimate of drug-likeness (QED) is 0.396. The number of hydrogen-bond donors (Lipinski definition) is 1. The van der Waals surface area contributed by atoms with Crippen molar-refractivity contribution in [2.75, 3.05) is 26.1 Å². The molecule has 12 heteroatoms. The van der Waals surface area contributed by atoms with Gasteiger partial charge in [0, 0.05) is 43.3 Å². The zero-order valence-electron chi connectivity index (χ0n) is 26.1. The summed E-state index contributed by atoms with van der Waals surface area (Å²) in [7, 11) is 5.79. The molecular formula is C33H34ClN3O8. The zero-order valence-corrected chi connectivity index (χ0v) is 26.8. The first-order valence-electron chi connectivity index (χ1n) is 14.6. The average Bonchev–Trinajstić information content (AvgIpc) is 3.34. The molecule has 3 heterocycles. The third-order valence-electron chi connectivity index (χ3n) is 8.87. The largest absolute Gasteiger partial charge is 0.496 e. The molecule has 3 aliphatic rings. The molecule has 3 atom stereocenters. The molecule has 3 aromatic rings. The van der Waals surface area contributed by atoms with Gasteiger partial charge in [-0.25, -0.2) is 4.79 Å². The lowest BCUT2D eigenvalue weighted by Gasteiger charge is -2.42. The van der Waals surface area contributed by atoms with Crippen LogP contribution in [0.1, 0.15) is 54.6 Å². The number of carbonyl (C=O) groups is 2. The predicted molar refractivity (Wildman–Crippen MR) is 167 cm³/mol. The number of fused-ring (bicyclic) bond motifs is 2. The lowest BCUT2D eigenvalue weighted by Crippen LogP contribution is -2.58. The molecule has 1 aliphatic carbocycles. The molecule has 1 N–H and O–H groups in total. The molecule has 0 bridgehead atoms. The SMILES string of the molecule is COc1cc(OC)c2c(c1Cl)O[C@@]1(C(=O)C3=C(C[C@H]1C)Nc1c(c(=O)n(C)c(=O)n1C)[C@H]3c1ccc(OCC(C)C)cc1)C2=O. The summed E-state index contributed by atoms with van der Waals surface area (Å²) in [5, 5.41) is 3.27. The maximum absolute atomic E-state index is 15.0. The van der Waals surface area contributed by atoms with E-state index in [0.29, 0.717) is 35.4 Å². The van der Waals surface area contributed by atoms with Gasteiger partial charge in [-0.2, -0.15) is 0 Å². The fourth-order valence-electron chi connectivity index (χ4n) is 6.54. The number of ketones is 2. The number of ether oxygens (including phenoxy) is 4. The lowest BCUT2D eigenvalue weighted by atomic mass is 9.66. The molecule has 0 unspecified atom stereocenters. The van der Waals surface area contributed by atoms with Crippen LogP contribution < -0.4 is 35.5 Å². The average molecular weight is 636 g/mol. The van der Waals surface area contributed by atoms with Gasteiger partial charge in [0.1, 0.15) is 33.7 Å². The number of nitrogens with one attached hydrogen (secondary N) is 1. The highest BCUT2D eigenvalue weighted by Crippen LogP contribution is 2.56. The van der Waals surface area contributed by atoms with Gasteiger partial charge in [0.15, 0.2) is 5.75 Å². The summed E-state index contributed by atoms with van der Waals surface area (Å²) in [6.45, 7) is 6.36. The number of allylic oxidation sites excluding steroid dienone is 1. The van der Waals surface area contributed by atoms with Crippen LogP contribution in [0.3, 0.4) is 0 Å². The van der Waals surface area contributed by atoms with Crippen molar-refractivity contribution in [1.29, 1.82) is 0 Å². The number of nitrogens with zero attached hydrogens (tertiary/aromatic N) is 2. The van der Waals surface area contributed by atoms with Crippen LogP contribution in [0.5, 0.6) is 23.0 Å². The molecule has 0 amide bonds. The highest BCUT2D eigenvalue weighted by Gasteiger charge is 2.63. The monoisotopic (exact) mass is 635 g/mol. The van der Waals surface area contributed by atoms with Crippen LogP contribution in [0.4, 0.5) is 5.82 Å². The van der Waals surface area contributed by atoms with E-state index < -0.39 is 40.3 Å². The Balaban J connectivity index is 1.56. The lowest BCUT2D eigenvalue weighted by molar-refractivity contribution is -0.130. The van der Waals surface area contributed by atoms with Crippen molar-refractivity contribution in [3.05, 3.63) is 84.2 Å². The molecular weight excluding hydrogens is 602 g/mol. The second-order valence-electron chi connectivity index (χ2n) is 12.1. The van der Waals surface area contributed by atoms with Crippen molar-refractivity contribution in [2.24, 2.45) is 25.9 Å². The van der Waals surface area contributed by atoms with E-state index in [1.807, 2.05) is 13.8 Å². The smallest absolute Gasteiger partial charge is 0.332 e. The number of hydrogen-bond acceptors (Lipinski definition) is 9. The number of aromatic nitrogens is 2. The van der Waals surface area contributed by atoms with Crippen LogP contribution in [0.25, 0.3) is 0 Å². The minimum absolute atomic E-state index is 0.00722. The van der Waals surface area contributed by atoms with E-state index in [1.165, 1.54) is 31.9 Å². The first-order chi connectivity index (χ1) is 21.4. The van der Waals surface area contributed by atoms with E-state index in [9.17, 15) is 19.2 Å². The summed E-state index contributed by atoms with van der Waals surface area (Å²) >= 11 is 6.62. The van der Waals surface area contributed by atoms with E-state index >= 15 is 0 Å². The second-order valence-corrected chi connectivity index (χ2v) is 12.5. The molecule has 6 rings (SSSR count). The van der Waals surface area contributed by atoms with E-state index in [4.69, 9.17) is 30.5 Å². The van der Waals surface area contributed by atoms with Gasteiger partial charge in [0.2, 0.25) is 17.2 Å². The Labute approximate surface area is 264 Å².